The Morgan fingerprint density at radius 3 is 2.45 bits per heavy atom. The quantitative estimate of drug-likeness (QED) is 0.204. The Morgan fingerprint density at radius 1 is 1.03 bits per heavy atom. The topological polar surface area (TPSA) is 56.5 Å². The number of hydrogen-bond acceptors (Lipinski definition) is 4. The summed E-state index contributed by atoms with van der Waals surface area (Å²) in [6.07, 6.45) is 1.60. The molecule has 0 saturated heterocycles. The number of ether oxygens (including phenoxy) is 1. The molecule has 168 valence electrons. The zero-order valence-corrected chi connectivity index (χ0v) is 23.2. The van der Waals surface area contributed by atoms with Crippen molar-refractivity contribution in [1.29, 1.82) is 0 Å². The molecule has 0 unspecified atom stereocenters. The van der Waals surface area contributed by atoms with Gasteiger partial charge in [0.25, 0.3) is 5.56 Å². The Bertz CT molecular complexity index is 1450. The standard InChI is InChI=1S/C23H14Br3Cl2N3O2/c1-12-30-21-5-3-15(24)9-16(21)23(32)31(12)29-10-14-6-17(25)22(18(26)7-14)33-11-13-2-4-19(27)20(28)8-13/h2-10H,11H2,1H3. The van der Waals surface area contributed by atoms with Gasteiger partial charge in [-0.1, -0.05) is 45.2 Å². The van der Waals surface area contributed by atoms with Crippen LogP contribution < -0.4 is 10.3 Å². The third-order valence-electron chi connectivity index (χ3n) is 4.68. The fourth-order valence-corrected chi connectivity index (χ4v) is 5.23. The smallest absolute Gasteiger partial charge is 0.282 e. The molecule has 0 amide bonds. The second kappa shape index (κ2) is 10.3. The van der Waals surface area contributed by atoms with Gasteiger partial charge in [0.15, 0.2) is 0 Å². The number of fused-ring (bicyclic) bond motifs is 1. The number of hydrogen-bond donors (Lipinski definition) is 0. The summed E-state index contributed by atoms with van der Waals surface area (Å²) in [4.78, 5) is 17.4. The van der Waals surface area contributed by atoms with Gasteiger partial charge >= 0.3 is 0 Å². The minimum atomic E-state index is -0.241. The first kappa shape index (κ1) is 24.4. The van der Waals surface area contributed by atoms with Crippen LogP contribution in [0.15, 0.2) is 71.8 Å². The van der Waals surface area contributed by atoms with E-state index in [2.05, 4.69) is 57.9 Å². The molecule has 1 aromatic heterocycles. The molecule has 0 aliphatic heterocycles. The van der Waals surface area contributed by atoms with Crippen LogP contribution in [0.2, 0.25) is 10.0 Å². The van der Waals surface area contributed by atoms with Gasteiger partial charge in [-0.25, -0.2) is 4.98 Å². The third kappa shape index (κ3) is 5.52. The van der Waals surface area contributed by atoms with Gasteiger partial charge in [0.05, 0.1) is 36.1 Å². The van der Waals surface area contributed by atoms with Crippen molar-refractivity contribution in [2.24, 2.45) is 5.10 Å². The molecule has 4 aromatic rings. The van der Waals surface area contributed by atoms with Crippen LogP contribution in [0, 0.1) is 6.92 Å². The van der Waals surface area contributed by atoms with Crippen LogP contribution in [0.1, 0.15) is 17.0 Å². The first-order chi connectivity index (χ1) is 15.7. The second-order valence-electron chi connectivity index (χ2n) is 7.03. The first-order valence-corrected chi connectivity index (χ1v) is 12.7. The van der Waals surface area contributed by atoms with Gasteiger partial charge in [0, 0.05) is 4.47 Å². The summed E-state index contributed by atoms with van der Waals surface area (Å²) in [5, 5.41) is 5.83. The molecule has 0 spiro atoms. The summed E-state index contributed by atoms with van der Waals surface area (Å²) >= 11 is 22.5. The SMILES string of the molecule is Cc1nc2ccc(Br)cc2c(=O)n1N=Cc1cc(Br)c(OCc2ccc(Cl)c(Cl)c2)c(Br)c1. The summed E-state index contributed by atoms with van der Waals surface area (Å²) in [6.45, 7) is 2.06. The van der Waals surface area contributed by atoms with Crippen molar-refractivity contribution >= 4 is 88.1 Å². The summed E-state index contributed by atoms with van der Waals surface area (Å²) in [6, 6.07) is 14.4. The van der Waals surface area contributed by atoms with Gasteiger partial charge in [0.1, 0.15) is 18.2 Å². The van der Waals surface area contributed by atoms with Gasteiger partial charge < -0.3 is 4.74 Å². The number of aryl methyl sites for hydroxylation is 1. The van der Waals surface area contributed by atoms with E-state index >= 15 is 0 Å². The fraction of sp³-hybridized carbons (Fsp3) is 0.0870. The minimum Gasteiger partial charge on any atom is -0.487 e. The van der Waals surface area contributed by atoms with E-state index in [1.165, 1.54) is 4.68 Å². The van der Waals surface area contributed by atoms with Crippen molar-refractivity contribution in [3.8, 4) is 5.75 Å². The summed E-state index contributed by atoms with van der Waals surface area (Å²) in [5.41, 5.74) is 2.03. The van der Waals surface area contributed by atoms with E-state index < -0.39 is 0 Å². The molecule has 0 N–H and O–H groups in total. The van der Waals surface area contributed by atoms with Gasteiger partial charge in [0.2, 0.25) is 0 Å². The molecule has 0 saturated carbocycles. The summed E-state index contributed by atoms with van der Waals surface area (Å²) in [5.74, 6) is 1.12. The fourth-order valence-electron chi connectivity index (χ4n) is 3.10. The van der Waals surface area contributed by atoms with Crippen molar-refractivity contribution in [3.63, 3.8) is 0 Å². The van der Waals surface area contributed by atoms with Crippen molar-refractivity contribution in [3.05, 3.63) is 99.3 Å². The molecule has 0 atom stereocenters. The molecule has 4 rings (SSSR count). The summed E-state index contributed by atoms with van der Waals surface area (Å²) in [7, 11) is 0. The molecule has 10 heteroatoms. The average Bonchev–Trinajstić information content (AvgIpc) is 2.76. The van der Waals surface area contributed by atoms with Crippen molar-refractivity contribution in [1.82, 2.24) is 9.66 Å². The van der Waals surface area contributed by atoms with E-state index in [1.807, 2.05) is 24.3 Å². The second-order valence-corrected chi connectivity index (χ2v) is 10.5. The van der Waals surface area contributed by atoms with Gasteiger partial charge in [-0.15, -0.1) is 0 Å². The van der Waals surface area contributed by atoms with Gasteiger partial charge in [-0.3, -0.25) is 4.79 Å². The molecule has 0 aliphatic carbocycles. The lowest BCUT2D eigenvalue weighted by atomic mass is 10.2. The van der Waals surface area contributed by atoms with E-state index in [1.54, 1.807) is 37.4 Å². The lowest BCUT2D eigenvalue weighted by molar-refractivity contribution is 0.302. The average molecular weight is 675 g/mol. The minimum absolute atomic E-state index is 0.241. The van der Waals surface area contributed by atoms with E-state index in [9.17, 15) is 4.79 Å². The highest BCUT2D eigenvalue weighted by molar-refractivity contribution is 9.11. The Labute approximate surface area is 224 Å². The van der Waals surface area contributed by atoms with Crippen LogP contribution >= 0.6 is 71.0 Å². The lowest BCUT2D eigenvalue weighted by Crippen LogP contribution is -2.20. The van der Waals surface area contributed by atoms with E-state index in [0.717, 1.165) is 24.5 Å². The maximum atomic E-state index is 12.9. The maximum absolute atomic E-state index is 12.9. The van der Waals surface area contributed by atoms with Crippen LogP contribution in [0.25, 0.3) is 10.9 Å². The van der Waals surface area contributed by atoms with Crippen LogP contribution in [0.4, 0.5) is 0 Å². The zero-order chi connectivity index (χ0) is 23.7. The Hall–Kier alpha value is -1.71. The van der Waals surface area contributed by atoms with Crippen molar-refractivity contribution in [2.75, 3.05) is 0 Å². The monoisotopic (exact) mass is 671 g/mol. The molecule has 5 nitrogen and oxygen atoms in total. The Balaban J connectivity index is 1.59. The van der Waals surface area contributed by atoms with Crippen molar-refractivity contribution in [2.45, 2.75) is 13.5 Å². The molecular weight excluding hydrogens is 661 g/mol. The highest BCUT2D eigenvalue weighted by atomic mass is 79.9. The Kier molecular flexibility index (Phi) is 7.60. The maximum Gasteiger partial charge on any atom is 0.282 e. The van der Waals surface area contributed by atoms with Crippen molar-refractivity contribution < 1.29 is 4.74 Å². The molecule has 0 aliphatic rings. The number of halogens is 5. The third-order valence-corrected chi connectivity index (χ3v) is 7.09. The predicted octanol–water partition coefficient (Wildman–Crippen LogP) is 7.76. The van der Waals surface area contributed by atoms with Crippen LogP contribution in [-0.4, -0.2) is 15.9 Å². The molecule has 1 heterocycles. The van der Waals surface area contributed by atoms with E-state index in [-0.39, 0.29) is 5.56 Å². The molecule has 0 fully saturated rings. The number of nitrogens with zero attached hydrogens (tertiary/aromatic N) is 3. The van der Waals surface area contributed by atoms with Crippen LogP contribution in [-0.2, 0) is 6.61 Å². The molecular formula is C23H14Br3Cl2N3O2. The largest absolute Gasteiger partial charge is 0.487 e. The molecule has 0 bridgehead atoms. The van der Waals surface area contributed by atoms with Gasteiger partial charge in [-0.05, 0) is 92.4 Å². The Morgan fingerprint density at radius 2 is 1.76 bits per heavy atom. The highest BCUT2D eigenvalue weighted by Gasteiger charge is 2.11. The number of rotatable bonds is 5. The molecule has 33 heavy (non-hydrogen) atoms. The zero-order valence-electron chi connectivity index (χ0n) is 17.0. The molecule has 3 aromatic carbocycles. The van der Waals surface area contributed by atoms with Crippen LogP contribution in [0.5, 0.6) is 5.75 Å². The van der Waals surface area contributed by atoms with Crippen LogP contribution in [0.3, 0.4) is 0 Å². The highest BCUT2D eigenvalue weighted by Crippen LogP contribution is 2.35. The molecule has 0 radical (unpaired) electrons. The van der Waals surface area contributed by atoms with E-state index in [4.69, 9.17) is 27.9 Å². The predicted molar refractivity (Wildman–Crippen MR) is 144 cm³/mol. The number of benzene rings is 3. The lowest BCUT2D eigenvalue weighted by Gasteiger charge is -2.12. The van der Waals surface area contributed by atoms with E-state index in [0.29, 0.717) is 39.1 Å². The van der Waals surface area contributed by atoms with Gasteiger partial charge in [-0.2, -0.15) is 9.78 Å². The first-order valence-electron chi connectivity index (χ1n) is 9.52. The summed E-state index contributed by atoms with van der Waals surface area (Å²) < 4.78 is 9.49. The normalized spacial score (nSPS) is 11.5. The number of aromatic nitrogens is 2.